The van der Waals surface area contributed by atoms with E-state index in [0.717, 1.165) is 16.8 Å². The van der Waals surface area contributed by atoms with Crippen molar-refractivity contribution in [2.75, 3.05) is 20.0 Å². The van der Waals surface area contributed by atoms with E-state index in [2.05, 4.69) is 20.7 Å². The van der Waals surface area contributed by atoms with E-state index in [1.54, 1.807) is 12.1 Å². The molecule has 3 aromatic carbocycles. The Morgan fingerprint density at radius 3 is 2.28 bits per heavy atom. The van der Waals surface area contributed by atoms with Crippen molar-refractivity contribution in [3.05, 3.63) is 77.9 Å². The maximum atomic E-state index is 12.6. The van der Waals surface area contributed by atoms with Gasteiger partial charge in [-0.05, 0) is 31.2 Å². The Morgan fingerprint density at radius 2 is 1.67 bits per heavy atom. The number of hydrazone groups is 1. The number of amides is 1. The maximum absolute atomic E-state index is 12.6. The van der Waals surface area contributed by atoms with Gasteiger partial charge in [-0.15, -0.1) is 10.2 Å². The molecule has 11 heteroatoms. The third-order valence-corrected chi connectivity index (χ3v) is 6.35. The molecule has 0 radical (unpaired) electrons. The summed E-state index contributed by atoms with van der Waals surface area (Å²) in [6, 6.07) is 21.0. The number of benzene rings is 3. The molecule has 0 aliphatic carbocycles. The monoisotopic (exact) mass is 545 g/mol. The Labute approximate surface area is 230 Å². The first-order valence-electron chi connectivity index (χ1n) is 11.9. The summed E-state index contributed by atoms with van der Waals surface area (Å²) in [5.41, 5.74) is 6.03. The summed E-state index contributed by atoms with van der Waals surface area (Å²) in [6.45, 7) is 3.31. The van der Waals surface area contributed by atoms with Crippen molar-refractivity contribution in [3.8, 4) is 34.3 Å². The lowest BCUT2D eigenvalue weighted by molar-refractivity contribution is -0.132. The number of carbonyl (C=O) groups excluding carboxylic acids is 2. The number of nitrogens with one attached hydrogen (secondary N) is 1. The Kier molecular flexibility index (Phi) is 8.95. The average molecular weight is 546 g/mol. The number of aromatic nitrogens is 3. The summed E-state index contributed by atoms with van der Waals surface area (Å²) < 4.78 is 17.7. The molecule has 4 aromatic rings. The predicted molar refractivity (Wildman–Crippen MR) is 149 cm³/mol. The molecule has 0 spiro atoms. The van der Waals surface area contributed by atoms with Crippen molar-refractivity contribution in [1.29, 1.82) is 0 Å². The number of rotatable bonds is 10. The Bertz CT molecular complexity index is 1460. The summed E-state index contributed by atoms with van der Waals surface area (Å²) in [7, 11) is 2.89. The number of methoxy groups -OCH3 is 2. The second-order valence-electron chi connectivity index (χ2n) is 8.27. The van der Waals surface area contributed by atoms with Crippen LogP contribution in [0.1, 0.15) is 18.1 Å². The molecule has 0 aliphatic heterocycles. The van der Waals surface area contributed by atoms with Crippen molar-refractivity contribution in [3.63, 3.8) is 0 Å². The Balaban J connectivity index is 1.47. The molecule has 10 nitrogen and oxygen atoms in total. The highest BCUT2D eigenvalue weighted by Gasteiger charge is 2.18. The minimum absolute atomic E-state index is 0.0636. The van der Waals surface area contributed by atoms with Gasteiger partial charge >= 0.3 is 5.97 Å². The van der Waals surface area contributed by atoms with Crippen molar-refractivity contribution < 1.29 is 23.8 Å². The van der Waals surface area contributed by atoms with Crippen LogP contribution in [0.25, 0.3) is 17.1 Å². The lowest BCUT2D eigenvalue weighted by Gasteiger charge is -2.13. The molecule has 0 unspecified atom stereocenters. The largest absolute Gasteiger partial charge is 0.493 e. The van der Waals surface area contributed by atoms with Crippen LogP contribution in [0.15, 0.2) is 77.0 Å². The van der Waals surface area contributed by atoms with Gasteiger partial charge in [0.05, 0.1) is 26.2 Å². The molecule has 1 N–H and O–H groups in total. The smallest absolute Gasteiger partial charge is 0.308 e. The van der Waals surface area contributed by atoms with Gasteiger partial charge < -0.3 is 14.2 Å². The summed E-state index contributed by atoms with van der Waals surface area (Å²) in [5, 5.41) is 13.4. The fraction of sp³-hybridized carbons (Fsp3) is 0.179. The molecule has 200 valence electrons. The first-order valence-corrected chi connectivity index (χ1v) is 12.8. The number of carbonyl (C=O) groups is 2. The van der Waals surface area contributed by atoms with E-state index in [-0.39, 0.29) is 28.9 Å². The number of hydrogen-bond acceptors (Lipinski definition) is 9. The third-order valence-electron chi connectivity index (χ3n) is 5.42. The molecule has 0 saturated heterocycles. The highest BCUT2D eigenvalue weighted by Crippen LogP contribution is 2.38. The summed E-state index contributed by atoms with van der Waals surface area (Å²) >= 11 is 1.25. The number of esters is 1. The fourth-order valence-electron chi connectivity index (χ4n) is 3.62. The average Bonchev–Trinajstić information content (AvgIpc) is 3.37. The quantitative estimate of drug-likeness (QED) is 0.102. The van der Waals surface area contributed by atoms with Crippen molar-refractivity contribution in [1.82, 2.24) is 20.2 Å². The van der Waals surface area contributed by atoms with Crippen LogP contribution in [0.4, 0.5) is 0 Å². The highest BCUT2D eigenvalue weighted by atomic mass is 32.2. The van der Waals surface area contributed by atoms with Crippen molar-refractivity contribution in [2.45, 2.75) is 19.0 Å². The lowest BCUT2D eigenvalue weighted by atomic mass is 10.2. The molecule has 1 aromatic heterocycles. The van der Waals surface area contributed by atoms with Crippen LogP contribution in [0.3, 0.4) is 0 Å². The summed E-state index contributed by atoms with van der Waals surface area (Å²) in [5.74, 6) is 0.653. The van der Waals surface area contributed by atoms with E-state index >= 15 is 0 Å². The second-order valence-corrected chi connectivity index (χ2v) is 9.22. The summed E-state index contributed by atoms with van der Waals surface area (Å²) in [4.78, 5) is 24.0. The zero-order valence-corrected chi connectivity index (χ0v) is 22.7. The molecule has 0 saturated carbocycles. The first kappa shape index (κ1) is 27.4. The molecule has 4 rings (SSSR count). The van der Waals surface area contributed by atoms with Gasteiger partial charge in [-0.1, -0.05) is 59.8 Å². The van der Waals surface area contributed by atoms with Crippen LogP contribution in [0.5, 0.6) is 17.2 Å². The van der Waals surface area contributed by atoms with Gasteiger partial charge in [-0.2, -0.15) is 5.10 Å². The van der Waals surface area contributed by atoms with Gasteiger partial charge in [-0.25, -0.2) is 5.43 Å². The molecule has 0 aliphatic rings. The van der Waals surface area contributed by atoms with Crippen molar-refractivity contribution in [2.24, 2.45) is 5.10 Å². The summed E-state index contributed by atoms with van der Waals surface area (Å²) in [6.07, 6.45) is 1.44. The third kappa shape index (κ3) is 6.82. The van der Waals surface area contributed by atoms with Crippen LogP contribution < -0.4 is 19.6 Å². The van der Waals surface area contributed by atoms with Crippen LogP contribution in [-0.4, -0.2) is 52.8 Å². The van der Waals surface area contributed by atoms with E-state index in [9.17, 15) is 9.59 Å². The molecule has 1 heterocycles. The molecule has 39 heavy (non-hydrogen) atoms. The van der Waals surface area contributed by atoms with Gasteiger partial charge in [0, 0.05) is 23.7 Å². The topological polar surface area (TPSA) is 117 Å². The maximum Gasteiger partial charge on any atom is 0.308 e. The van der Waals surface area contributed by atoms with E-state index in [1.165, 1.54) is 39.1 Å². The van der Waals surface area contributed by atoms with Crippen LogP contribution in [0.2, 0.25) is 0 Å². The number of ether oxygens (including phenoxy) is 3. The first-order chi connectivity index (χ1) is 18.9. The Hall–Kier alpha value is -4.64. The highest BCUT2D eigenvalue weighted by molar-refractivity contribution is 7.99. The van der Waals surface area contributed by atoms with Crippen LogP contribution in [-0.2, 0) is 9.59 Å². The van der Waals surface area contributed by atoms with Gasteiger partial charge in [0.25, 0.3) is 5.91 Å². The molecular formula is C28H27N5O5S. The zero-order chi connectivity index (χ0) is 27.8. The fourth-order valence-corrected chi connectivity index (χ4v) is 4.37. The van der Waals surface area contributed by atoms with Crippen molar-refractivity contribution >= 4 is 29.9 Å². The second kappa shape index (κ2) is 12.7. The molecule has 0 fully saturated rings. The van der Waals surface area contributed by atoms with Gasteiger partial charge in [0.15, 0.2) is 22.5 Å². The molecule has 0 bridgehead atoms. The normalized spacial score (nSPS) is 10.9. The molecule has 0 atom stereocenters. The van der Waals surface area contributed by atoms with Gasteiger partial charge in [0.1, 0.15) is 0 Å². The number of hydrogen-bond donors (Lipinski definition) is 1. The number of thioether (sulfide) groups is 1. The lowest BCUT2D eigenvalue weighted by Crippen LogP contribution is -2.20. The standard InChI is InChI=1S/C28H27N5O5S/c1-18-10-12-22(13-11-18)33-27(21-8-6-5-7-9-21)31-32-28(33)39-17-25(35)30-29-16-20-14-23(36-3)26(38-19(2)34)24(15-20)37-4/h5-16H,17H2,1-4H3,(H,30,35). The van der Waals surface area contributed by atoms with Crippen LogP contribution >= 0.6 is 11.8 Å². The minimum Gasteiger partial charge on any atom is -0.493 e. The van der Waals surface area contributed by atoms with Crippen LogP contribution in [0, 0.1) is 6.92 Å². The van der Waals surface area contributed by atoms with E-state index in [4.69, 9.17) is 14.2 Å². The predicted octanol–water partition coefficient (Wildman–Crippen LogP) is 4.43. The van der Waals surface area contributed by atoms with E-state index < -0.39 is 5.97 Å². The zero-order valence-electron chi connectivity index (χ0n) is 21.9. The minimum atomic E-state index is -0.508. The number of aryl methyl sites for hydroxylation is 1. The number of nitrogens with zero attached hydrogens (tertiary/aromatic N) is 4. The van der Waals surface area contributed by atoms with Gasteiger partial charge in [0.2, 0.25) is 5.75 Å². The van der Waals surface area contributed by atoms with Gasteiger partial charge in [-0.3, -0.25) is 14.2 Å². The molecular weight excluding hydrogens is 518 g/mol. The SMILES string of the molecule is COc1cc(C=NNC(=O)CSc2nnc(-c3ccccc3)n2-c2ccc(C)cc2)cc(OC)c1OC(C)=O. The van der Waals surface area contributed by atoms with E-state index in [0.29, 0.717) is 16.5 Å². The Morgan fingerprint density at radius 1 is 1.00 bits per heavy atom. The van der Waals surface area contributed by atoms with E-state index in [1.807, 2.05) is 66.1 Å². The molecule has 1 amide bonds.